The zero-order valence-electron chi connectivity index (χ0n) is 15.7. The van der Waals surface area contributed by atoms with Crippen LogP contribution in [0.1, 0.15) is 35.2 Å². The Morgan fingerprint density at radius 3 is 2.21 bits per heavy atom. The Morgan fingerprint density at radius 2 is 1.67 bits per heavy atom. The lowest BCUT2D eigenvalue weighted by Crippen LogP contribution is -2.64. The number of hydrogen-bond acceptors (Lipinski definition) is 5. The number of piperazine rings is 1. The minimum Gasteiger partial charge on any atom is -0.493 e. The van der Waals surface area contributed by atoms with Crippen LogP contribution in [0, 0.1) is 25.2 Å². The van der Waals surface area contributed by atoms with Crippen molar-refractivity contribution >= 4 is 0 Å². The number of rotatable bonds is 2. The Morgan fingerprint density at radius 1 is 1.04 bits per heavy atom. The van der Waals surface area contributed by atoms with E-state index in [1.54, 1.807) is 14.2 Å². The molecule has 0 N–H and O–H groups in total. The maximum Gasteiger partial charge on any atom is 0.166 e. The van der Waals surface area contributed by atoms with Gasteiger partial charge in [-0.05, 0) is 58.0 Å². The van der Waals surface area contributed by atoms with Crippen LogP contribution < -0.4 is 9.47 Å². The van der Waals surface area contributed by atoms with Crippen LogP contribution in [0.3, 0.4) is 0 Å². The molecular formula is C19H27N3O2. The monoisotopic (exact) mass is 329 g/mol. The smallest absolute Gasteiger partial charge is 0.166 e. The summed E-state index contributed by atoms with van der Waals surface area (Å²) in [5.74, 6) is 1.68. The molecule has 0 saturated carbocycles. The van der Waals surface area contributed by atoms with Gasteiger partial charge < -0.3 is 9.47 Å². The standard InChI is InChI=1S/C19H27N3O2/c1-10-11(2)18(23-6)19(24-7)16-13(10)8-14-15(9-20)21(4)12(3)17(16)22(14)5/h12,14-15,17H,8H2,1-7H3/t12-,14-,15-,17-/m0/s1. The molecule has 2 heterocycles. The lowest BCUT2D eigenvalue weighted by atomic mass is 9.76. The molecule has 2 bridgehead atoms. The van der Waals surface area contributed by atoms with E-state index in [9.17, 15) is 5.26 Å². The van der Waals surface area contributed by atoms with Crippen molar-refractivity contribution in [3.63, 3.8) is 0 Å². The second-order valence-corrected chi connectivity index (χ2v) is 7.07. The van der Waals surface area contributed by atoms with E-state index in [0.29, 0.717) is 0 Å². The van der Waals surface area contributed by atoms with Crippen LogP contribution in [0.15, 0.2) is 0 Å². The molecular weight excluding hydrogens is 302 g/mol. The maximum absolute atomic E-state index is 9.70. The first kappa shape index (κ1) is 17.1. The van der Waals surface area contributed by atoms with Crippen LogP contribution in [0.2, 0.25) is 0 Å². The third-order valence-corrected chi connectivity index (χ3v) is 6.25. The fraction of sp³-hybridized carbons (Fsp3) is 0.632. The largest absolute Gasteiger partial charge is 0.493 e. The van der Waals surface area contributed by atoms with Crippen molar-refractivity contribution in [2.75, 3.05) is 28.3 Å². The molecule has 5 heteroatoms. The first-order valence-electron chi connectivity index (χ1n) is 8.46. The number of benzene rings is 1. The summed E-state index contributed by atoms with van der Waals surface area (Å²) in [6.07, 6.45) is 0.866. The van der Waals surface area contributed by atoms with Crippen LogP contribution in [0.5, 0.6) is 11.5 Å². The van der Waals surface area contributed by atoms with Crippen molar-refractivity contribution < 1.29 is 9.47 Å². The zero-order valence-corrected chi connectivity index (χ0v) is 15.7. The van der Waals surface area contributed by atoms with Gasteiger partial charge in [0.2, 0.25) is 0 Å². The first-order chi connectivity index (χ1) is 11.4. The predicted molar refractivity (Wildman–Crippen MR) is 93.6 cm³/mol. The van der Waals surface area contributed by atoms with Crippen LogP contribution in [-0.2, 0) is 6.42 Å². The summed E-state index contributed by atoms with van der Waals surface area (Å²) in [6.45, 7) is 6.44. The van der Waals surface area contributed by atoms with E-state index in [0.717, 1.165) is 23.5 Å². The van der Waals surface area contributed by atoms with Crippen molar-refractivity contribution in [1.29, 1.82) is 5.26 Å². The van der Waals surface area contributed by atoms with Crippen LogP contribution in [-0.4, -0.2) is 56.2 Å². The third kappa shape index (κ3) is 2.06. The van der Waals surface area contributed by atoms with E-state index in [2.05, 4.69) is 50.7 Å². The molecule has 0 spiro atoms. The maximum atomic E-state index is 9.70. The van der Waals surface area contributed by atoms with Gasteiger partial charge in [0.25, 0.3) is 0 Å². The molecule has 0 amide bonds. The molecule has 1 aromatic carbocycles. The number of ether oxygens (including phenoxy) is 2. The summed E-state index contributed by atoms with van der Waals surface area (Å²) < 4.78 is 11.5. The van der Waals surface area contributed by atoms with Crippen molar-refractivity contribution in [2.45, 2.75) is 51.4 Å². The van der Waals surface area contributed by atoms with E-state index in [1.165, 1.54) is 16.7 Å². The van der Waals surface area contributed by atoms with E-state index in [1.807, 2.05) is 0 Å². The van der Waals surface area contributed by atoms with Crippen molar-refractivity contribution in [1.82, 2.24) is 9.80 Å². The predicted octanol–water partition coefficient (Wildman–Crippen LogP) is 2.44. The van der Waals surface area contributed by atoms with Gasteiger partial charge in [-0.2, -0.15) is 5.26 Å². The zero-order chi connectivity index (χ0) is 17.8. The quantitative estimate of drug-likeness (QED) is 0.834. The van der Waals surface area contributed by atoms with Gasteiger partial charge in [-0.25, -0.2) is 0 Å². The minimum atomic E-state index is -0.0952. The normalized spacial score (nSPS) is 29.8. The number of likely N-dealkylation sites (N-methyl/N-ethyl adjacent to an activating group) is 2. The number of hydrogen-bond donors (Lipinski definition) is 0. The highest BCUT2D eigenvalue weighted by molar-refractivity contribution is 5.62. The Kier molecular flexibility index (Phi) is 4.23. The second-order valence-electron chi connectivity index (χ2n) is 7.07. The van der Waals surface area contributed by atoms with Crippen molar-refractivity contribution in [3.05, 3.63) is 22.3 Å². The molecule has 5 nitrogen and oxygen atoms in total. The second kappa shape index (κ2) is 5.94. The first-order valence-corrected chi connectivity index (χ1v) is 8.46. The number of nitriles is 1. The summed E-state index contributed by atoms with van der Waals surface area (Å²) in [5.41, 5.74) is 4.95. The molecule has 0 unspecified atom stereocenters. The molecule has 1 saturated heterocycles. The van der Waals surface area contributed by atoms with Gasteiger partial charge in [0.05, 0.1) is 26.3 Å². The lowest BCUT2D eigenvalue weighted by Gasteiger charge is -2.54. The van der Waals surface area contributed by atoms with Crippen LogP contribution in [0.25, 0.3) is 0 Å². The Hall–Kier alpha value is -1.77. The average molecular weight is 329 g/mol. The van der Waals surface area contributed by atoms with Crippen LogP contribution in [0.4, 0.5) is 0 Å². The molecule has 1 fully saturated rings. The highest BCUT2D eigenvalue weighted by Gasteiger charge is 2.49. The van der Waals surface area contributed by atoms with Crippen LogP contribution >= 0.6 is 0 Å². The molecule has 3 rings (SSSR count). The lowest BCUT2D eigenvalue weighted by molar-refractivity contribution is -0.0224. The number of nitrogens with zero attached hydrogens (tertiary/aromatic N) is 3. The summed E-state index contributed by atoms with van der Waals surface area (Å²) in [7, 11) is 7.61. The Bertz CT molecular complexity index is 710. The molecule has 4 atom stereocenters. The summed E-state index contributed by atoms with van der Waals surface area (Å²) in [6, 6.07) is 3.03. The van der Waals surface area contributed by atoms with Crippen molar-refractivity contribution in [3.8, 4) is 17.6 Å². The summed E-state index contributed by atoms with van der Waals surface area (Å²) in [4.78, 5) is 4.57. The van der Waals surface area contributed by atoms with Gasteiger partial charge in [0.1, 0.15) is 6.04 Å². The van der Waals surface area contributed by atoms with Gasteiger partial charge in [-0.1, -0.05) is 0 Å². The average Bonchev–Trinajstić information content (AvgIpc) is 2.57. The summed E-state index contributed by atoms with van der Waals surface area (Å²) in [5, 5.41) is 9.70. The van der Waals surface area contributed by atoms with Gasteiger partial charge in [-0.15, -0.1) is 0 Å². The Labute approximate surface area is 144 Å². The van der Waals surface area contributed by atoms with E-state index in [-0.39, 0.29) is 24.2 Å². The highest BCUT2D eigenvalue weighted by atomic mass is 16.5. The van der Waals surface area contributed by atoms with Gasteiger partial charge in [-0.3, -0.25) is 9.80 Å². The molecule has 0 aliphatic carbocycles. The Balaban J connectivity index is 2.31. The van der Waals surface area contributed by atoms with E-state index >= 15 is 0 Å². The summed E-state index contributed by atoms with van der Waals surface area (Å²) >= 11 is 0. The molecule has 130 valence electrons. The van der Waals surface area contributed by atoms with E-state index < -0.39 is 0 Å². The topological polar surface area (TPSA) is 48.7 Å². The van der Waals surface area contributed by atoms with E-state index in [4.69, 9.17) is 9.47 Å². The molecule has 24 heavy (non-hydrogen) atoms. The highest BCUT2D eigenvalue weighted by Crippen LogP contribution is 2.51. The third-order valence-electron chi connectivity index (χ3n) is 6.25. The van der Waals surface area contributed by atoms with Gasteiger partial charge in [0.15, 0.2) is 11.5 Å². The fourth-order valence-corrected chi connectivity index (χ4v) is 4.66. The SMILES string of the molecule is COc1c(C)c(C)c2c(c1OC)[C@@H]1[C@H](C)N(C)[C@@H](C#N)[C@H](C2)N1C. The molecule has 2 aliphatic heterocycles. The number of methoxy groups -OCH3 is 2. The molecule has 1 aromatic rings. The number of fused-ring (bicyclic) bond motifs is 4. The molecule has 2 aliphatic rings. The minimum absolute atomic E-state index is 0.0952. The van der Waals surface area contributed by atoms with Crippen molar-refractivity contribution in [2.24, 2.45) is 0 Å². The molecule has 0 aromatic heterocycles. The van der Waals surface area contributed by atoms with Gasteiger partial charge in [0, 0.05) is 17.6 Å². The molecule has 0 radical (unpaired) electrons. The van der Waals surface area contributed by atoms with Gasteiger partial charge >= 0.3 is 0 Å². The fourth-order valence-electron chi connectivity index (χ4n) is 4.66.